The Kier molecular flexibility index (Phi) is 27.0. The van der Waals surface area contributed by atoms with Crippen LogP contribution in [0.5, 0.6) is 0 Å². The molecule has 0 aliphatic carbocycles. The average Bonchev–Trinajstić information content (AvgIpc) is 1.12. The van der Waals surface area contributed by atoms with E-state index in [9.17, 15) is 0 Å². The summed E-state index contributed by atoms with van der Waals surface area (Å²) in [6.45, 7) is 0. The zero-order chi connectivity index (χ0) is 9.00. The Labute approximate surface area is 110 Å². The zero-order valence-electron chi connectivity index (χ0n) is 6.68. The first kappa shape index (κ1) is 29.4. The molecule has 0 radical (unpaired) electrons. The van der Waals surface area contributed by atoms with Gasteiger partial charge in [-0.3, -0.25) is 0 Å². The van der Waals surface area contributed by atoms with Gasteiger partial charge in [0.15, 0.2) is 0 Å². The largest absolute Gasteiger partial charge is 2.00 e. The molecule has 13 heteroatoms. The van der Waals surface area contributed by atoms with E-state index in [4.69, 9.17) is 38.4 Å². The van der Waals surface area contributed by atoms with Crippen molar-refractivity contribution in [1.82, 2.24) is 0 Å². The molecule has 3 N–H and O–H groups in total. The van der Waals surface area contributed by atoms with E-state index in [0.717, 1.165) is 0 Å². The van der Waals surface area contributed by atoms with Gasteiger partial charge in [-0.1, -0.05) is 0 Å². The first-order valence-corrected chi connectivity index (χ1v) is 4.80. The molecule has 0 aromatic heterocycles. The van der Waals surface area contributed by atoms with Gasteiger partial charge < -0.3 is 42.9 Å². The molecule has 0 rings (SSSR count). The van der Waals surface area contributed by atoms with Crippen LogP contribution in [0.25, 0.3) is 0 Å². The molecule has 0 aromatic carbocycles. The molecule has 0 fully saturated rings. The minimum atomic E-state index is -5.61. The molecule has 0 saturated heterocycles. The van der Waals surface area contributed by atoms with Crippen LogP contribution in [0.1, 0.15) is 0 Å². The predicted molar refractivity (Wildman–Crippen MR) is 20.0 cm³/mol. The molecule has 0 aromatic rings. The van der Waals surface area contributed by atoms with Crippen molar-refractivity contribution in [3.63, 3.8) is 0 Å². The van der Waals surface area contributed by atoms with Crippen LogP contribution >= 0.6 is 7.82 Å². The minimum Gasteiger partial charge on any atom is -0.894 e. The second kappa shape index (κ2) is 12.0. The average molecular weight is 260 g/mol. The number of rotatable bonds is 0. The van der Waals surface area contributed by atoms with E-state index in [1.807, 2.05) is 0 Å². The van der Waals surface area contributed by atoms with Crippen LogP contribution in [-0.4, -0.2) is 23.7 Å². The summed E-state index contributed by atoms with van der Waals surface area (Å²) < 4.78 is 8.88. The van der Waals surface area contributed by atoms with E-state index < -0.39 is 16.9 Å². The molecule has 0 spiro atoms. The van der Waals surface area contributed by atoms with Crippen molar-refractivity contribution in [1.29, 1.82) is 0 Å². The van der Waals surface area contributed by atoms with Crippen LogP contribution in [0, 0.1) is 0 Å². The fourth-order valence-corrected chi connectivity index (χ4v) is 0. The van der Waals surface area contributed by atoms with Gasteiger partial charge in [0, 0.05) is 0 Å². The maximum Gasteiger partial charge on any atom is 2.00 e. The molecule has 0 aliphatic rings. The van der Waals surface area contributed by atoms with E-state index in [-0.39, 0.29) is 54.8 Å². The normalized spacial score (nSPS) is 9.15. The van der Waals surface area contributed by atoms with Gasteiger partial charge in [-0.25, -0.2) is 4.57 Å². The van der Waals surface area contributed by atoms with E-state index in [2.05, 4.69) is 0 Å². The molecule has 0 amide bonds. The van der Waals surface area contributed by atoms with Crippen molar-refractivity contribution in [2.24, 2.45) is 0 Å². The molecule has 0 aliphatic heterocycles. The molecule has 8 nitrogen and oxygen atoms in total. The summed E-state index contributed by atoms with van der Waals surface area (Å²) in [7, 11) is -10.2. The molecule has 0 heterocycles. The van der Waals surface area contributed by atoms with Crippen molar-refractivity contribution in [2.45, 2.75) is 0 Å². The molecule has 0 saturated carbocycles. The van der Waals surface area contributed by atoms with Crippen molar-refractivity contribution in [3.8, 4) is 0 Å². The molecule has 0 unspecified atom stereocenters. The number of phosphoric acid groups is 1. The molecular weight excluding hydrogens is 257 g/mol. The van der Waals surface area contributed by atoms with E-state index in [1.54, 1.807) is 0 Å². The summed E-state index contributed by atoms with van der Waals surface area (Å²) in [5.41, 5.74) is 0. The summed E-state index contributed by atoms with van der Waals surface area (Å²) in [5.74, 6) is 0. The summed E-state index contributed by atoms with van der Waals surface area (Å²) in [4.78, 5) is 55.9. The predicted octanol–water partition coefficient (Wildman–Crippen LogP) is -12.1. The van der Waals surface area contributed by atoms with Gasteiger partial charge in [-0.05, 0) is 0 Å². The fourth-order valence-electron chi connectivity index (χ4n) is 0. The van der Waals surface area contributed by atoms with Crippen molar-refractivity contribution >= 4 is 16.9 Å². The number of hydrogen-bond donors (Lipinski definition) is 3. The second-order valence-corrected chi connectivity index (χ2v) is 3.04. The maximum atomic E-state index is 8.88. The quantitative estimate of drug-likeness (QED) is 0.284. The Morgan fingerprint density at radius 1 is 0.923 bits per heavy atom. The SMILES string of the molecule is O=P(O)(O)O.[Fe+2].[Li+].[Li+].[O-][Si]([O-])([O-])[O-]. The summed E-state index contributed by atoms with van der Waals surface area (Å²) in [5, 5.41) is 0. The van der Waals surface area contributed by atoms with Gasteiger partial charge in [0.05, 0.1) is 0 Å². The molecule has 13 heavy (non-hydrogen) atoms. The summed E-state index contributed by atoms with van der Waals surface area (Å²) in [6, 6.07) is 0. The van der Waals surface area contributed by atoms with Crippen molar-refractivity contribution < 1.29 is 93.2 Å². The maximum absolute atomic E-state index is 8.88. The van der Waals surface area contributed by atoms with Gasteiger partial charge in [-0.15, -0.1) is 0 Å². The third-order valence-corrected chi connectivity index (χ3v) is 0. The fraction of sp³-hybridized carbons (Fsp3) is 0. The van der Waals surface area contributed by atoms with Crippen molar-refractivity contribution in [2.75, 3.05) is 0 Å². The van der Waals surface area contributed by atoms with Crippen LogP contribution < -0.4 is 56.9 Å². The Morgan fingerprint density at radius 3 is 0.923 bits per heavy atom. The van der Waals surface area contributed by atoms with E-state index >= 15 is 0 Å². The number of hydrogen-bond acceptors (Lipinski definition) is 5. The monoisotopic (exact) mass is 260 g/mol. The molecule has 70 valence electrons. The van der Waals surface area contributed by atoms with Gasteiger partial charge >= 0.3 is 62.6 Å². The molecule has 0 bridgehead atoms. The standard InChI is InChI=1S/Fe.2Li.H3O4P.O4Si/c;;;2*1-5(2,3)4/h;;;(H3,1,2,3,4);/q+2;2*+1;;-4. The van der Waals surface area contributed by atoms with Gasteiger partial charge in [0.2, 0.25) is 0 Å². The second-order valence-electron chi connectivity index (χ2n) is 1.01. The summed E-state index contributed by atoms with van der Waals surface area (Å²) >= 11 is 0. The van der Waals surface area contributed by atoms with Crippen LogP contribution in [0.2, 0.25) is 0 Å². The first-order chi connectivity index (χ1) is 4.00. The summed E-state index contributed by atoms with van der Waals surface area (Å²) in [6.07, 6.45) is 0. The van der Waals surface area contributed by atoms with Crippen LogP contribution in [0.3, 0.4) is 0 Å². The van der Waals surface area contributed by atoms with Crippen LogP contribution in [-0.2, 0) is 21.6 Å². The van der Waals surface area contributed by atoms with E-state index in [1.165, 1.54) is 0 Å². The topological polar surface area (TPSA) is 170 Å². The zero-order valence-corrected chi connectivity index (χ0v) is 9.68. The Hall–Kier alpha value is 1.88. The Morgan fingerprint density at radius 2 is 0.923 bits per heavy atom. The third kappa shape index (κ3) is 554. The Balaban J connectivity index is -0.0000000267. The first-order valence-electron chi connectivity index (χ1n) is 1.60. The Bertz CT molecular complexity index is 114. The molecule has 0 atom stereocenters. The van der Waals surface area contributed by atoms with Crippen molar-refractivity contribution in [3.05, 3.63) is 0 Å². The smallest absolute Gasteiger partial charge is 0.894 e. The van der Waals surface area contributed by atoms with E-state index in [0.29, 0.717) is 0 Å². The van der Waals surface area contributed by atoms with Gasteiger partial charge in [-0.2, -0.15) is 0 Å². The minimum absolute atomic E-state index is 0. The molecular formula is H3FeLi2O8PSi. The van der Waals surface area contributed by atoms with Gasteiger partial charge in [0.1, 0.15) is 0 Å². The van der Waals surface area contributed by atoms with Crippen LogP contribution in [0.4, 0.5) is 0 Å². The third-order valence-electron chi connectivity index (χ3n) is 0. The van der Waals surface area contributed by atoms with Crippen LogP contribution in [0.15, 0.2) is 0 Å². The van der Waals surface area contributed by atoms with Gasteiger partial charge in [0.25, 0.3) is 0 Å².